The van der Waals surface area contributed by atoms with Gasteiger partial charge in [0.25, 0.3) is 0 Å². The number of nitrogens with one attached hydrogen (secondary N) is 2. The molecule has 0 unspecified atom stereocenters. The molecule has 5 atom stereocenters. The molecule has 2 aromatic rings. The minimum atomic E-state index is -1.35. The number of para-hydroxylation sites is 1. The highest BCUT2D eigenvalue weighted by atomic mass is 16.3. The molecular formula is C23H23N3O4. The van der Waals surface area contributed by atoms with Gasteiger partial charge in [0.15, 0.2) is 0 Å². The normalized spacial score (nSPS) is 30.5. The Balaban J connectivity index is 1.54. The molecule has 0 saturated carbocycles. The lowest BCUT2D eigenvalue weighted by Crippen LogP contribution is -2.54. The van der Waals surface area contributed by atoms with Crippen molar-refractivity contribution in [1.82, 2.24) is 10.2 Å². The van der Waals surface area contributed by atoms with Gasteiger partial charge in [-0.3, -0.25) is 24.6 Å². The summed E-state index contributed by atoms with van der Waals surface area (Å²) < 4.78 is 0. The molecular weight excluding hydrogens is 382 g/mol. The molecule has 0 aromatic heterocycles. The molecule has 3 aliphatic rings. The molecule has 154 valence electrons. The summed E-state index contributed by atoms with van der Waals surface area (Å²) in [5, 5.41) is 16.4. The van der Waals surface area contributed by atoms with Crippen molar-refractivity contribution in [2.75, 3.05) is 11.9 Å². The van der Waals surface area contributed by atoms with E-state index >= 15 is 0 Å². The zero-order valence-electron chi connectivity index (χ0n) is 16.5. The summed E-state index contributed by atoms with van der Waals surface area (Å²) in [6.07, 6.45) is -0.358. The van der Waals surface area contributed by atoms with E-state index in [1.54, 1.807) is 19.1 Å². The van der Waals surface area contributed by atoms with Crippen LogP contribution in [0.5, 0.6) is 0 Å². The lowest BCUT2D eigenvalue weighted by Gasteiger charge is -2.30. The van der Waals surface area contributed by atoms with Gasteiger partial charge in [-0.05, 0) is 25.0 Å². The van der Waals surface area contributed by atoms with Gasteiger partial charge in [-0.2, -0.15) is 0 Å². The Morgan fingerprint density at radius 2 is 1.73 bits per heavy atom. The van der Waals surface area contributed by atoms with E-state index in [-0.39, 0.29) is 24.3 Å². The zero-order valence-corrected chi connectivity index (χ0v) is 16.5. The van der Waals surface area contributed by atoms with Gasteiger partial charge in [-0.25, -0.2) is 0 Å². The van der Waals surface area contributed by atoms with E-state index in [2.05, 4.69) is 10.6 Å². The molecule has 2 fully saturated rings. The Bertz CT molecular complexity index is 1040. The second-order valence-electron chi connectivity index (χ2n) is 8.29. The Morgan fingerprint density at radius 1 is 1.03 bits per heavy atom. The largest absolute Gasteiger partial charge is 0.392 e. The van der Waals surface area contributed by atoms with Crippen LogP contribution in [0.4, 0.5) is 5.69 Å². The minimum Gasteiger partial charge on any atom is -0.392 e. The minimum absolute atomic E-state index is 0.251. The summed E-state index contributed by atoms with van der Waals surface area (Å²) in [6, 6.07) is 16.2. The number of carbonyl (C=O) groups excluding carboxylic acids is 3. The maximum atomic E-state index is 13.5. The van der Waals surface area contributed by atoms with Crippen molar-refractivity contribution in [2.24, 2.45) is 11.8 Å². The number of anilines is 1. The number of amides is 3. The van der Waals surface area contributed by atoms with Gasteiger partial charge < -0.3 is 10.4 Å². The molecule has 7 nitrogen and oxygen atoms in total. The van der Waals surface area contributed by atoms with Gasteiger partial charge in [-0.1, -0.05) is 48.5 Å². The first-order chi connectivity index (χ1) is 14.4. The molecule has 1 spiro atoms. The van der Waals surface area contributed by atoms with Crippen LogP contribution in [0.1, 0.15) is 18.1 Å². The van der Waals surface area contributed by atoms with Crippen LogP contribution in [-0.2, 0) is 26.3 Å². The Hall–Kier alpha value is -3.03. The molecule has 3 amide bonds. The molecule has 3 aliphatic heterocycles. The summed E-state index contributed by atoms with van der Waals surface area (Å²) in [5.74, 6) is -2.71. The summed E-state index contributed by atoms with van der Waals surface area (Å²) in [7, 11) is 0. The lowest BCUT2D eigenvalue weighted by molar-refractivity contribution is -0.143. The highest BCUT2D eigenvalue weighted by Gasteiger charge is 2.70. The van der Waals surface area contributed by atoms with Crippen LogP contribution in [-0.4, -0.2) is 46.4 Å². The summed E-state index contributed by atoms with van der Waals surface area (Å²) >= 11 is 0. The van der Waals surface area contributed by atoms with Crippen molar-refractivity contribution in [1.29, 1.82) is 0 Å². The van der Waals surface area contributed by atoms with Crippen molar-refractivity contribution in [3.8, 4) is 0 Å². The number of likely N-dealkylation sites (tertiary alicyclic amines) is 1. The van der Waals surface area contributed by atoms with Gasteiger partial charge in [-0.15, -0.1) is 0 Å². The number of hydrogen-bond donors (Lipinski definition) is 3. The van der Waals surface area contributed by atoms with E-state index in [9.17, 15) is 19.5 Å². The first-order valence-electron chi connectivity index (χ1n) is 10.2. The first kappa shape index (κ1) is 19.0. The first-order valence-corrected chi connectivity index (χ1v) is 10.2. The molecule has 3 N–H and O–H groups in total. The second kappa shape index (κ2) is 6.75. The van der Waals surface area contributed by atoms with Crippen LogP contribution in [0, 0.1) is 11.8 Å². The van der Waals surface area contributed by atoms with E-state index in [1.165, 1.54) is 4.90 Å². The Morgan fingerprint density at radius 3 is 2.47 bits per heavy atom. The number of imide groups is 1. The highest BCUT2D eigenvalue weighted by Crippen LogP contribution is 2.53. The number of hydrogen-bond acceptors (Lipinski definition) is 5. The van der Waals surface area contributed by atoms with E-state index in [0.29, 0.717) is 17.7 Å². The number of aliphatic hydroxyl groups excluding tert-OH is 1. The number of aliphatic hydroxyl groups is 1. The third-order valence-corrected chi connectivity index (χ3v) is 6.64. The fourth-order valence-corrected chi connectivity index (χ4v) is 5.27. The van der Waals surface area contributed by atoms with E-state index in [1.807, 2.05) is 42.5 Å². The SMILES string of the molecule is C[C@H](O)[C@H]1N[C@]2(C(=O)Nc3ccccc32)[C@@H]2C(=O)N(CCc3ccccc3)C(=O)[C@H]12. The number of nitrogens with zero attached hydrogens (tertiary/aromatic N) is 1. The smallest absolute Gasteiger partial charge is 0.250 e. The zero-order chi connectivity index (χ0) is 21.0. The average Bonchev–Trinajstić information content (AvgIpc) is 3.33. The number of benzene rings is 2. The highest BCUT2D eigenvalue weighted by molar-refractivity contribution is 6.15. The maximum absolute atomic E-state index is 13.5. The predicted molar refractivity (Wildman–Crippen MR) is 109 cm³/mol. The van der Waals surface area contributed by atoms with Gasteiger partial charge >= 0.3 is 0 Å². The predicted octanol–water partition coefficient (Wildman–Crippen LogP) is 1.03. The molecule has 30 heavy (non-hydrogen) atoms. The molecule has 3 heterocycles. The second-order valence-corrected chi connectivity index (χ2v) is 8.29. The van der Waals surface area contributed by atoms with E-state index in [4.69, 9.17) is 0 Å². The van der Waals surface area contributed by atoms with E-state index < -0.39 is 29.5 Å². The van der Waals surface area contributed by atoms with Crippen LogP contribution < -0.4 is 10.6 Å². The van der Waals surface area contributed by atoms with Crippen LogP contribution in [0.15, 0.2) is 54.6 Å². The molecule has 5 rings (SSSR count). The monoisotopic (exact) mass is 405 g/mol. The van der Waals surface area contributed by atoms with Crippen LogP contribution in [0.2, 0.25) is 0 Å². The Labute approximate surface area is 174 Å². The van der Waals surface area contributed by atoms with Gasteiger partial charge in [0.05, 0.1) is 17.9 Å². The van der Waals surface area contributed by atoms with E-state index in [0.717, 1.165) is 5.56 Å². The quantitative estimate of drug-likeness (QED) is 0.660. The van der Waals surface area contributed by atoms with Crippen molar-refractivity contribution < 1.29 is 19.5 Å². The van der Waals surface area contributed by atoms with Gasteiger partial charge in [0.1, 0.15) is 5.54 Å². The maximum Gasteiger partial charge on any atom is 0.250 e. The van der Waals surface area contributed by atoms with Crippen LogP contribution >= 0.6 is 0 Å². The van der Waals surface area contributed by atoms with Crippen molar-refractivity contribution >= 4 is 23.4 Å². The standard InChI is InChI=1S/C23H23N3O4/c1-13(27)19-17-18(23(25-19)15-9-5-6-10-16(15)24-22(23)30)21(29)26(20(17)28)12-11-14-7-3-2-4-8-14/h2-10,13,17-19,25,27H,11-12H2,1H3,(H,24,30)/t13-,17-,18-,19+,23-/m0/s1. The fourth-order valence-electron chi connectivity index (χ4n) is 5.27. The molecule has 7 heteroatoms. The van der Waals surface area contributed by atoms with Gasteiger partial charge in [0, 0.05) is 23.8 Å². The topological polar surface area (TPSA) is 98.7 Å². The van der Waals surface area contributed by atoms with Crippen molar-refractivity contribution in [2.45, 2.75) is 31.0 Å². The third-order valence-electron chi connectivity index (χ3n) is 6.64. The molecule has 0 radical (unpaired) electrons. The lowest BCUT2D eigenvalue weighted by atomic mass is 9.76. The van der Waals surface area contributed by atoms with Crippen LogP contribution in [0.25, 0.3) is 0 Å². The molecule has 2 saturated heterocycles. The van der Waals surface area contributed by atoms with Crippen molar-refractivity contribution in [3.05, 3.63) is 65.7 Å². The fraction of sp³-hybridized carbons (Fsp3) is 0.348. The summed E-state index contributed by atoms with van der Waals surface area (Å²) in [5.41, 5.74) is 0.957. The number of carbonyl (C=O) groups is 3. The van der Waals surface area contributed by atoms with Crippen LogP contribution in [0.3, 0.4) is 0 Å². The summed E-state index contributed by atoms with van der Waals surface area (Å²) in [4.78, 5) is 41.3. The number of fused-ring (bicyclic) bond motifs is 4. The Kier molecular flexibility index (Phi) is 4.27. The molecule has 2 aromatic carbocycles. The number of rotatable bonds is 4. The summed E-state index contributed by atoms with van der Waals surface area (Å²) in [6.45, 7) is 1.83. The molecule has 0 aliphatic carbocycles. The van der Waals surface area contributed by atoms with Gasteiger partial charge in [0.2, 0.25) is 17.7 Å². The third kappa shape index (κ3) is 2.49. The molecule has 0 bridgehead atoms. The average molecular weight is 405 g/mol. The van der Waals surface area contributed by atoms with Crippen molar-refractivity contribution in [3.63, 3.8) is 0 Å².